The fourth-order valence-corrected chi connectivity index (χ4v) is 2.03. The number of quaternary nitrogens is 1. The second kappa shape index (κ2) is 4.11. The minimum Gasteiger partial charge on any atom is -0.367 e. The van der Waals surface area contributed by atoms with E-state index in [-0.39, 0.29) is 6.10 Å². The quantitative estimate of drug-likeness (QED) is 0.754. The van der Waals surface area contributed by atoms with Crippen molar-refractivity contribution in [3.8, 4) is 0 Å². The number of benzene rings is 1. The molecule has 0 amide bonds. The molecule has 0 bridgehead atoms. The SMILES string of the molecule is CC[C@H]([NH3+])[C@@H]1OCCc2ccccc21. The first kappa shape index (κ1) is 9.69. The fraction of sp³-hybridized carbons (Fsp3) is 0.500. The summed E-state index contributed by atoms with van der Waals surface area (Å²) in [4.78, 5) is 0. The predicted octanol–water partition coefficient (Wildman–Crippen LogP) is 1.32. The summed E-state index contributed by atoms with van der Waals surface area (Å²) in [5.41, 5.74) is 6.94. The number of ether oxygens (including phenoxy) is 1. The molecule has 3 N–H and O–H groups in total. The van der Waals surface area contributed by atoms with Gasteiger partial charge in [-0.1, -0.05) is 31.2 Å². The first-order valence-electron chi connectivity index (χ1n) is 5.35. The molecule has 0 aliphatic carbocycles. The second-order valence-electron chi connectivity index (χ2n) is 3.91. The number of hydrogen-bond donors (Lipinski definition) is 1. The zero-order valence-corrected chi connectivity index (χ0v) is 8.70. The van der Waals surface area contributed by atoms with E-state index in [1.54, 1.807) is 0 Å². The maximum Gasteiger partial charge on any atom is 0.134 e. The average molecular weight is 192 g/mol. The molecule has 76 valence electrons. The van der Waals surface area contributed by atoms with Gasteiger partial charge in [0.05, 0.1) is 6.61 Å². The summed E-state index contributed by atoms with van der Waals surface area (Å²) in [6.45, 7) is 3.01. The Labute approximate surface area is 85.1 Å². The first-order valence-corrected chi connectivity index (χ1v) is 5.35. The highest BCUT2D eigenvalue weighted by Crippen LogP contribution is 2.28. The van der Waals surface area contributed by atoms with Crippen molar-refractivity contribution in [1.82, 2.24) is 0 Å². The topological polar surface area (TPSA) is 36.9 Å². The third-order valence-corrected chi connectivity index (χ3v) is 2.98. The molecule has 2 rings (SSSR count). The lowest BCUT2D eigenvalue weighted by Gasteiger charge is -2.27. The average Bonchev–Trinajstić information content (AvgIpc) is 2.27. The number of fused-ring (bicyclic) bond motifs is 1. The maximum atomic E-state index is 5.79. The van der Waals surface area contributed by atoms with E-state index in [0.29, 0.717) is 6.04 Å². The van der Waals surface area contributed by atoms with Gasteiger partial charge < -0.3 is 10.5 Å². The molecular formula is C12H18NO+. The highest BCUT2D eigenvalue weighted by molar-refractivity contribution is 5.31. The molecule has 0 unspecified atom stereocenters. The predicted molar refractivity (Wildman–Crippen MR) is 55.8 cm³/mol. The van der Waals surface area contributed by atoms with E-state index in [1.807, 2.05) is 0 Å². The van der Waals surface area contributed by atoms with Gasteiger partial charge in [0.2, 0.25) is 0 Å². The van der Waals surface area contributed by atoms with Gasteiger partial charge in [0, 0.05) is 0 Å². The Morgan fingerprint density at radius 1 is 1.50 bits per heavy atom. The lowest BCUT2D eigenvalue weighted by molar-refractivity contribution is -0.442. The summed E-state index contributed by atoms with van der Waals surface area (Å²) in [5.74, 6) is 0. The Morgan fingerprint density at radius 3 is 3.07 bits per heavy atom. The summed E-state index contributed by atoms with van der Waals surface area (Å²) in [6, 6.07) is 8.94. The standard InChI is InChI=1S/C12H17NO/c1-2-11(13)12-10-6-4-3-5-9(10)7-8-14-12/h3-6,11-12H,2,7-8,13H2,1H3/p+1/t11-,12+/m0/s1. The molecule has 0 radical (unpaired) electrons. The van der Waals surface area contributed by atoms with Gasteiger partial charge >= 0.3 is 0 Å². The van der Waals surface area contributed by atoms with Gasteiger partial charge in [0.25, 0.3) is 0 Å². The Morgan fingerprint density at radius 2 is 2.29 bits per heavy atom. The molecule has 0 fully saturated rings. The van der Waals surface area contributed by atoms with Crippen LogP contribution >= 0.6 is 0 Å². The molecule has 0 saturated carbocycles. The van der Waals surface area contributed by atoms with Crippen LogP contribution in [0.25, 0.3) is 0 Å². The van der Waals surface area contributed by atoms with Crippen LogP contribution in [0.5, 0.6) is 0 Å². The zero-order valence-electron chi connectivity index (χ0n) is 8.70. The third kappa shape index (κ3) is 1.68. The van der Waals surface area contributed by atoms with E-state index in [9.17, 15) is 0 Å². The van der Waals surface area contributed by atoms with Crippen LogP contribution in [0.2, 0.25) is 0 Å². The van der Waals surface area contributed by atoms with Crippen molar-refractivity contribution < 1.29 is 10.5 Å². The van der Waals surface area contributed by atoms with Crippen LogP contribution in [0.3, 0.4) is 0 Å². The van der Waals surface area contributed by atoms with Crippen molar-refractivity contribution in [2.24, 2.45) is 0 Å². The van der Waals surface area contributed by atoms with Gasteiger partial charge in [-0.25, -0.2) is 0 Å². The van der Waals surface area contributed by atoms with Gasteiger partial charge in [0.15, 0.2) is 0 Å². The molecule has 14 heavy (non-hydrogen) atoms. The first-order chi connectivity index (χ1) is 6.83. The molecule has 0 saturated heterocycles. The van der Waals surface area contributed by atoms with Crippen LogP contribution in [0.1, 0.15) is 30.6 Å². The Kier molecular flexibility index (Phi) is 2.85. The van der Waals surface area contributed by atoms with Gasteiger partial charge in [-0.2, -0.15) is 0 Å². The Balaban J connectivity index is 2.30. The molecule has 2 nitrogen and oxygen atoms in total. The van der Waals surface area contributed by atoms with Gasteiger partial charge in [-0.05, 0) is 24.0 Å². The molecule has 0 spiro atoms. The normalized spacial score (nSPS) is 22.9. The van der Waals surface area contributed by atoms with Crippen molar-refractivity contribution in [2.75, 3.05) is 6.61 Å². The largest absolute Gasteiger partial charge is 0.367 e. The summed E-state index contributed by atoms with van der Waals surface area (Å²) >= 11 is 0. The molecule has 1 aromatic rings. The van der Waals surface area contributed by atoms with E-state index >= 15 is 0 Å². The van der Waals surface area contributed by atoms with Crippen molar-refractivity contribution in [2.45, 2.75) is 31.9 Å². The van der Waals surface area contributed by atoms with Gasteiger partial charge in [-0.15, -0.1) is 0 Å². The van der Waals surface area contributed by atoms with E-state index in [1.165, 1.54) is 11.1 Å². The zero-order chi connectivity index (χ0) is 9.97. The molecule has 1 aromatic carbocycles. The van der Waals surface area contributed by atoms with Crippen LogP contribution < -0.4 is 5.73 Å². The van der Waals surface area contributed by atoms with Crippen molar-refractivity contribution in [3.63, 3.8) is 0 Å². The molecular weight excluding hydrogens is 174 g/mol. The minimum atomic E-state index is 0.213. The lowest BCUT2D eigenvalue weighted by atomic mass is 9.93. The second-order valence-corrected chi connectivity index (χ2v) is 3.91. The number of rotatable bonds is 2. The Bertz CT molecular complexity index is 311. The van der Waals surface area contributed by atoms with Gasteiger partial charge in [0.1, 0.15) is 12.1 Å². The maximum absolute atomic E-state index is 5.79. The third-order valence-electron chi connectivity index (χ3n) is 2.98. The van der Waals surface area contributed by atoms with Crippen molar-refractivity contribution in [1.29, 1.82) is 0 Å². The Hall–Kier alpha value is -0.860. The van der Waals surface area contributed by atoms with Crippen LogP contribution in [0.15, 0.2) is 24.3 Å². The van der Waals surface area contributed by atoms with Crippen molar-refractivity contribution >= 4 is 0 Å². The van der Waals surface area contributed by atoms with Crippen LogP contribution in [-0.2, 0) is 11.2 Å². The highest BCUT2D eigenvalue weighted by atomic mass is 16.5. The van der Waals surface area contributed by atoms with E-state index in [4.69, 9.17) is 4.74 Å². The number of hydrogen-bond acceptors (Lipinski definition) is 1. The molecule has 2 atom stereocenters. The summed E-state index contributed by atoms with van der Waals surface area (Å²) in [7, 11) is 0. The molecule has 1 heterocycles. The summed E-state index contributed by atoms with van der Waals surface area (Å²) in [6.07, 6.45) is 2.33. The van der Waals surface area contributed by atoms with Crippen LogP contribution in [0.4, 0.5) is 0 Å². The van der Waals surface area contributed by atoms with Crippen LogP contribution in [-0.4, -0.2) is 12.6 Å². The molecule has 0 aromatic heterocycles. The highest BCUT2D eigenvalue weighted by Gasteiger charge is 2.27. The molecule has 1 aliphatic heterocycles. The summed E-state index contributed by atoms with van der Waals surface area (Å²) < 4.78 is 5.79. The molecule has 2 heteroatoms. The van der Waals surface area contributed by atoms with Crippen molar-refractivity contribution in [3.05, 3.63) is 35.4 Å². The van der Waals surface area contributed by atoms with Crippen LogP contribution in [0, 0.1) is 0 Å². The smallest absolute Gasteiger partial charge is 0.134 e. The summed E-state index contributed by atoms with van der Waals surface area (Å²) in [5, 5.41) is 0. The van der Waals surface area contributed by atoms with Gasteiger partial charge in [-0.3, -0.25) is 0 Å². The monoisotopic (exact) mass is 192 g/mol. The van der Waals surface area contributed by atoms with E-state index < -0.39 is 0 Å². The lowest BCUT2D eigenvalue weighted by Crippen LogP contribution is -2.64. The van der Waals surface area contributed by atoms with E-state index in [2.05, 4.69) is 36.9 Å². The minimum absolute atomic E-state index is 0.213. The fourth-order valence-electron chi connectivity index (χ4n) is 2.03. The van der Waals surface area contributed by atoms with E-state index in [0.717, 1.165) is 19.4 Å². The molecule has 1 aliphatic rings.